The summed E-state index contributed by atoms with van der Waals surface area (Å²) in [4.78, 5) is 24.3. The van der Waals surface area contributed by atoms with Crippen LogP contribution in [0.3, 0.4) is 0 Å². The summed E-state index contributed by atoms with van der Waals surface area (Å²) >= 11 is 0. The first-order valence-electron chi connectivity index (χ1n) is 9.50. The zero-order valence-corrected chi connectivity index (χ0v) is 14.9. The Morgan fingerprint density at radius 3 is 2.72 bits per heavy atom. The Bertz CT molecular complexity index is 671. The summed E-state index contributed by atoms with van der Waals surface area (Å²) in [6.07, 6.45) is 7.73. The number of rotatable bonds is 4. The highest BCUT2D eigenvalue weighted by atomic mass is 16.6. The van der Waals surface area contributed by atoms with Crippen LogP contribution in [0.4, 0.5) is 0 Å². The van der Waals surface area contributed by atoms with Gasteiger partial charge in [-0.15, -0.1) is 0 Å². The van der Waals surface area contributed by atoms with Gasteiger partial charge in [0.2, 0.25) is 0 Å². The summed E-state index contributed by atoms with van der Waals surface area (Å²) in [5.74, 6) is 1.32. The normalized spacial score (nSPS) is 29.6. The number of fused-ring (bicyclic) bond motifs is 1. The minimum atomic E-state index is -0.574. The SMILES string of the molecule is COc1ccc2c(c1)CCC2CC1(C2CCCC2)CC(=O)CC(=O)O1. The molecule has 134 valence electrons. The Kier molecular flexibility index (Phi) is 4.30. The molecule has 0 N–H and O–H groups in total. The average molecular weight is 342 g/mol. The standard InChI is InChI=1S/C21H26O4/c1-24-18-8-9-19-14(10-18)6-7-15(19)12-21(16-4-2-3-5-16)13-17(22)11-20(23)25-21/h8-10,15-16H,2-7,11-13H2,1H3. The summed E-state index contributed by atoms with van der Waals surface area (Å²) in [6.45, 7) is 0. The van der Waals surface area contributed by atoms with Gasteiger partial charge in [0.25, 0.3) is 0 Å². The number of benzene rings is 1. The zero-order chi connectivity index (χ0) is 17.4. The molecule has 1 aromatic carbocycles. The fraction of sp³-hybridized carbons (Fsp3) is 0.619. The number of cyclic esters (lactones) is 1. The molecular weight excluding hydrogens is 316 g/mol. The van der Waals surface area contributed by atoms with Crippen LogP contribution in [0.1, 0.15) is 68.4 Å². The van der Waals surface area contributed by atoms with Crippen LogP contribution in [-0.4, -0.2) is 24.5 Å². The van der Waals surface area contributed by atoms with E-state index in [4.69, 9.17) is 9.47 Å². The summed E-state index contributed by atoms with van der Waals surface area (Å²) in [5, 5.41) is 0. The molecular formula is C21H26O4. The zero-order valence-electron chi connectivity index (χ0n) is 14.9. The maximum absolute atomic E-state index is 12.2. The van der Waals surface area contributed by atoms with E-state index < -0.39 is 5.60 Å². The Hall–Kier alpha value is -1.84. The Morgan fingerprint density at radius 2 is 2.00 bits per heavy atom. The number of ketones is 1. The molecule has 2 atom stereocenters. The van der Waals surface area contributed by atoms with Crippen molar-refractivity contribution in [1.29, 1.82) is 0 Å². The van der Waals surface area contributed by atoms with Crippen molar-refractivity contribution in [2.75, 3.05) is 7.11 Å². The van der Waals surface area contributed by atoms with E-state index in [-0.39, 0.29) is 18.2 Å². The van der Waals surface area contributed by atoms with Gasteiger partial charge in [0, 0.05) is 6.42 Å². The third-order valence-corrected chi connectivity index (χ3v) is 6.40. The van der Waals surface area contributed by atoms with Crippen LogP contribution in [0.25, 0.3) is 0 Å². The van der Waals surface area contributed by atoms with Gasteiger partial charge in [0.15, 0.2) is 0 Å². The second-order valence-corrected chi connectivity index (χ2v) is 7.92. The third-order valence-electron chi connectivity index (χ3n) is 6.40. The monoisotopic (exact) mass is 342 g/mol. The maximum Gasteiger partial charge on any atom is 0.313 e. The molecule has 4 rings (SSSR count). The van der Waals surface area contributed by atoms with Gasteiger partial charge in [-0.2, -0.15) is 0 Å². The lowest BCUT2D eigenvalue weighted by molar-refractivity contribution is -0.179. The lowest BCUT2D eigenvalue weighted by atomic mass is 9.73. The van der Waals surface area contributed by atoms with E-state index in [0.717, 1.165) is 37.9 Å². The fourth-order valence-corrected chi connectivity index (χ4v) is 5.25. The molecule has 0 spiro atoms. The van der Waals surface area contributed by atoms with Crippen molar-refractivity contribution in [2.45, 2.75) is 69.3 Å². The number of aryl methyl sites for hydroxylation is 1. The number of Topliss-reactive ketones (excluding diaryl/α,β-unsaturated/α-hetero) is 1. The van der Waals surface area contributed by atoms with Gasteiger partial charge in [0.05, 0.1) is 7.11 Å². The summed E-state index contributed by atoms with van der Waals surface area (Å²) < 4.78 is 11.3. The number of hydrogen-bond donors (Lipinski definition) is 0. The minimum Gasteiger partial charge on any atom is -0.497 e. The van der Waals surface area contributed by atoms with Crippen LogP contribution in [0.15, 0.2) is 18.2 Å². The van der Waals surface area contributed by atoms with Crippen molar-refractivity contribution in [3.05, 3.63) is 29.3 Å². The van der Waals surface area contributed by atoms with Gasteiger partial charge in [-0.05, 0) is 67.2 Å². The fourth-order valence-electron chi connectivity index (χ4n) is 5.25. The van der Waals surface area contributed by atoms with E-state index in [1.807, 2.05) is 6.07 Å². The van der Waals surface area contributed by atoms with Gasteiger partial charge in [-0.25, -0.2) is 0 Å². The van der Waals surface area contributed by atoms with Gasteiger partial charge >= 0.3 is 5.97 Å². The first-order valence-corrected chi connectivity index (χ1v) is 9.50. The van der Waals surface area contributed by atoms with Gasteiger partial charge in [-0.1, -0.05) is 18.9 Å². The highest BCUT2D eigenvalue weighted by Crippen LogP contribution is 2.49. The van der Waals surface area contributed by atoms with Crippen LogP contribution in [0.5, 0.6) is 5.75 Å². The molecule has 1 aliphatic heterocycles. The number of carbonyl (C=O) groups is 2. The van der Waals surface area contributed by atoms with Crippen molar-refractivity contribution in [2.24, 2.45) is 5.92 Å². The van der Waals surface area contributed by atoms with Gasteiger partial charge in [-0.3, -0.25) is 9.59 Å². The van der Waals surface area contributed by atoms with E-state index in [1.54, 1.807) is 7.11 Å². The highest BCUT2D eigenvalue weighted by molar-refractivity contribution is 5.98. The molecule has 1 heterocycles. The molecule has 1 saturated carbocycles. The number of ether oxygens (including phenoxy) is 2. The number of methoxy groups -OCH3 is 1. The Morgan fingerprint density at radius 1 is 1.20 bits per heavy atom. The molecule has 1 saturated heterocycles. The second-order valence-electron chi connectivity index (χ2n) is 7.92. The smallest absolute Gasteiger partial charge is 0.313 e. The van der Waals surface area contributed by atoms with Crippen LogP contribution in [-0.2, 0) is 20.7 Å². The van der Waals surface area contributed by atoms with Gasteiger partial charge < -0.3 is 9.47 Å². The van der Waals surface area contributed by atoms with E-state index in [1.165, 1.54) is 24.0 Å². The molecule has 0 radical (unpaired) electrons. The highest BCUT2D eigenvalue weighted by Gasteiger charge is 2.49. The van der Waals surface area contributed by atoms with Crippen molar-refractivity contribution >= 4 is 11.8 Å². The quantitative estimate of drug-likeness (QED) is 0.614. The van der Waals surface area contributed by atoms with Crippen LogP contribution in [0.2, 0.25) is 0 Å². The van der Waals surface area contributed by atoms with Crippen molar-refractivity contribution in [1.82, 2.24) is 0 Å². The third kappa shape index (κ3) is 3.07. The molecule has 1 aromatic rings. The van der Waals surface area contributed by atoms with Crippen molar-refractivity contribution in [3.63, 3.8) is 0 Å². The largest absolute Gasteiger partial charge is 0.497 e. The van der Waals surface area contributed by atoms with Crippen LogP contribution < -0.4 is 4.74 Å². The minimum absolute atomic E-state index is 0.0487. The average Bonchev–Trinajstić information content (AvgIpc) is 3.24. The lowest BCUT2D eigenvalue weighted by Gasteiger charge is -2.42. The predicted molar refractivity (Wildman–Crippen MR) is 93.7 cm³/mol. The van der Waals surface area contributed by atoms with E-state index in [9.17, 15) is 9.59 Å². The molecule has 0 bridgehead atoms. The summed E-state index contributed by atoms with van der Waals surface area (Å²) in [6, 6.07) is 6.29. The van der Waals surface area contributed by atoms with Crippen molar-refractivity contribution in [3.8, 4) is 5.75 Å². The molecule has 4 nitrogen and oxygen atoms in total. The Balaban J connectivity index is 1.62. The van der Waals surface area contributed by atoms with Crippen LogP contribution in [0, 0.1) is 5.92 Å². The van der Waals surface area contributed by atoms with E-state index in [2.05, 4.69) is 12.1 Å². The maximum atomic E-state index is 12.2. The van der Waals surface area contributed by atoms with Crippen LogP contribution >= 0.6 is 0 Å². The number of esters is 1. The number of hydrogen-bond acceptors (Lipinski definition) is 4. The molecule has 25 heavy (non-hydrogen) atoms. The van der Waals surface area contributed by atoms with Gasteiger partial charge in [0.1, 0.15) is 23.6 Å². The lowest BCUT2D eigenvalue weighted by Crippen LogP contribution is -2.48. The summed E-state index contributed by atoms with van der Waals surface area (Å²) in [7, 11) is 1.69. The molecule has 4 heteroatoms. The van der Waals surface area contributed by atoms with E-state index in [0.29, 0.717) is 18.3 Å². The topological polar surface area (TPSA) is 52.6 Å². The number of carbonyl (C=O) groups excluding carboxylic acids is 2. The molecule has 2 aliphatic carbocycles. The van der Waals surface area contributed by atoms with E-state index >= 15 is 0 Å². The molecule has 0 aromatic heterocycles. The second kappa shape index (κ2) is 6.47. The van der Waals surface area contributed by atoms with Crippen molar-refractivity contribution < 1.29 is 19.1 Å². The molecule has 2 unspecified atom stereocenters. The predicted octanol–water partition coefficient (Wildman–Crippen LogP) is 3.95. The summed E-state index contributed by atoms with van der Waals surface area (Å²) in [5.41, 5.74) is 2.10. The Labute approximate surface area is 148 Å². The molecule has 2 fully saturated rings. The first-order chi connectivity index (χ1) is 12.1. The molecule has 0 amide bonds. The first kappa shape index (κ1) is 16.6. The molecule has 3 aliphatic rings.